The van der Waals surface area contributed by atoms with Crippen molar-refractivity contribution < 1.29 is 19.4 Å². The highest BCUT2D eigenvalue weighted by Gasteiger charge is 2.13. The van der Waals surface area contributed by atoms with E-state index in [9.17, 15) is 9.59 Å². The number of hydrogen-bond donors (Lipinski definition) is 2. The van der Waals surface area contributed by atoms with Gasteiger partial charge in [0.2, 0.25) is 5.91 Å². The summed E-state index contributed by atoms with van der Waals surface area (Å²) in [6, 6.07) is 3.98. The summed E-state index contributed by atoms with van der Waals surface area (Å²) in [6.07, 6.45) is 0.639. The predicted molar refractivity (Wildman–Crippen MR) is 76.4 cm³/mol. The highest BCUT2D eigenvalue weighted by Crippen LogP contribution is 2.27. The van der Waals surface area contributed by atoms with E-state index in [0.29, 0.717) is 28.8 Å². The first-order valence-electron chi connectivity index (χ1n) is 6.00. The first-order valence-corrected chi connectivity index (χ1v) is 6.75. The average molecular weight is 320 g/mol. The maximum absolute atomic E-state index is 11.4. The fourth-order valence-electron chi connectivity index (χ4n) is 1.38. The van der Waals surface area contributed by atoms with Gasteiger partial charge in [-0.1, -0.05) is 23.2 Å². The van der Waals surface area contributed by atoms with Crippen molar-refractivity contribution >= 4 is 35.1 Å². The number of amides is 1. The van der Waals surface area contributed by atoms with Crippen molar-refractivity contribution in [2.75, 3.05) is 6.61 Å². The molecule has 7 heteroatoms. The summed E-state index contributed by atoms with van der Waals surface area (Å²) in [6.45, 7) is 1.71. The molecule has 0 saturated heterocycles. The third-order valence-electron chi connectivity index (χ3n) is 2.45. The summed E-state index contributed by atoms with van der Waals surface area (Å²) in [5.74, 6) is -0.899. The minimum Gasteiger partial charge on any atom is -0.492 e. The molecule has 0 saturated carbocycles. The standard InChI is InChI=1S/C13H15Cl2NO4/c1-8(13(18)19)16-12(17)3-2-6-20-11-5-4-9(14)7-10(11)15/h4-5,7-8H,2-3,6H2,1H3,(H,16,17)(H,18,19). The molecule has 110 valence electrons. The van der Waals surface area contributed by atoms with Crippen molar-refractivity contribution in [3.8, 4) is 5.75 Å². The second-order valence-electron chi connectivity index (χ2n) is 4.15. The van der Waals surface area contributed by atoms with Gasteiger partial charge in [-0.15, -0.1) is 0 Å². The van der Waals surface area contributed by atoms with E-state index in [1.807, 2.05) is 0 Å². The highest BCUT2D eigenvalue weighted by molar-refractivity contribution is 6.35. The molecule has 0 spiro atoms. The molecule has 1 amide bonds. The summed E-state index contributed by atoms with van der Waals surface area (Å²) >= 11 is 11.7. The quantitative estimate of drug-likeness (QED) is 0.758. The minimum atomic E-state index is -1.07. The fourth-order valence-corrected chi connectivity index (χ4v) is 1.85. The van der Waals surface area contributed by atoms with Crippen LogP contribution >= 0.6 is 23.2 Å². The normalized spacial score (nSPS) is 11.8. The molecule has 1 unspecified atom stereocenters. The van der Waals surface area contributed by atoms with Gasteiger partial charge in [0.25, 0.3) is 0 Å². The molecule has 20 heavy (non-hydrogen) atoms. The van der Waals surface area contributed by atoms with Gasteiger partial charge >= 0.3 is 5.97 Å². The van der Waals surface area contributed by atoms with Crippen molar-refractivity contribution in [1.29, 1.82) is 0 Å². The Morgan fingerprint density at radius 1 is 1.40 bits per heavy atom. The fraction of sp³-hybridized carbons (Fsp3) is 0.385. The zero-order chi connectivity index (χ0) is 15.1. The number of carboxylic acid groups (broad SMARTS) is 1. The van der Waals surface area contributed by atoms with Crippen LogP contribution in [-0.4, -0.2) is 29.6 Å². The van der Waals surface area contributed by atoms with Gasteiger partial charge in [0.15, 0.2) is 0 Å². The molecule has 0 radical (unpaired) electrons. The van der Waals surface area contributed by atoms with E-state index in [2.05, 4.69) is 5.32 Å². The Balaban J connectivity index is 2.28. The van der Waals surface area contributed by atoms with Crippen LogP contribution < -0.4 is 10.1 Å². The molecule has 2 N–H and O–H groups in total. The summed E-state index contributed by atoms with van der Waals surface area (Å²) in [7, 11) is 0. The molecule has 1 rings (SSSR count). The number of hydrogen-bond acceptors (Lipinski definition) is 3. The lowest BCUT2D eigenvalue weighted by molar-refractivity contribution is -0.141. The molecular formula is C13H15Cl2NO4. The first-order chi connectivity index (χ1) is 9.40. The maximum atomic E-state index is 11.4. The topological polar surface area (TPSA) is 75.6 Å². The summed E-state index contributed by atoms with van der Waals surface area (Å²) in [5.41, 5.74) is 0. The van der Waals surface area contributed by atoms with Crippen molar-refractivity contribution in [2.24, 2.45) is 0 Å². The van der Waals surface area contributed by atoms with Crippen molar-refractivity contribution in [3.63, 3.8) is 0 Å². The number of carbonyl (C=O) groups excluding carboxylic acids is 1. The van der Waals surface area contributed by atoms with Gasteiger partial charge in [0.05, 0.1) is 11.6 Å². The number of nitrogens with one attached hydrogen (secondary N) is 1. The number of rotatable bonds is 7. The molecule has 1 aromatic carbocycles. The number of ether oxygens (including phenoxy) is 1. The smallest absolute Gasteiger partial charge is 0.325 e. The third-order valence-corrected chi connectivity index (χ3v) is 2.98. The van der Waals surface area contributed by atoms with Gasteiger partial charge in [-0.3, -0.25) is 9.59 Å². The third kappa shape index (κ3) is 5.67. The summed E-state index contributed by atoms with van der Waals surface area (Å²) in [5, 5.41) is 11.9. The van der Waals surface area contributed by atoms with Crippen molar-refractivity contribution in [1.82, 2.24) is 5.32 Å². The molecule has 0 heterocycles. The number of aliphatic carboxylic acids is 1. The van der Waals surface area contributed by atoms with Crippen molar-refractivity contribution in [2.45, 2.75) is 25.8 Å². The predicted octanol–water partition coefficient (Wildman–Crippen LogP) is 2.74. The van der Waals surface area contributed by atoms with E-state index in [-0.39, 0.29) is 12.3 Å². The van der Waals surface area contributed by atoms with E-state index < -0.39 is 12.0 Å². The molecule has 0 aromatic heterocycles. The van der Waals surface area contributed by atoms with Crippen LogP contribution in [0, 0.1) is 0 Å². The molecule has 0 aliphatic heterocycles. The monoisotopic (exact) mass is 319 g/mol. The second-order valence-corrected chi connectivity index (χ2v) is 5.00. The number of carboxylic acids is 1. The van der Waals surface area contributed by atoms with Crippen molar-refractivity contribution in [3.05, 3.63) is 28.2 Å². The Labute approximate surface area is 126 Å². The summed E-state index contributed by atoms with van der Waals surface area (Å²) in [4.78, 5) is 22.0. The minimum absolute atomic E-state index is 0.183. The molecule has 0 fully saturated rings. The second kappa shape index (κ2) is 7.97. The van der Waals surface area contributed by atoms with Crippen LogP contribution in [0.1, 0.15) is 19.8 Å². The zero-order valence-corrected chi connectivity index (χ0v) is 12.4. The van der Waals surface area contributed by atoms with Crippen LogP contribution in [0.5, 0.6) is 5.75 Å². The van der Waals surface area contributed by atoms with E-state index >= 15 is 0 Å². The lowest BCUT2D eigenvalue weighted by Crippen LogP contribution is -2.38. The van der Waals surface area contributed by atoms with Crippen LogP contribution in [0.4, 0.5) is 0 Å². The Bertz CT molecular complexity index is 493. The Kier molecular flexibility index (Phi) is 6.61. The molecule has 1 atom stereocenters. The van der Waals surface area contributed by atoms with Crippen LogP contribution in [0.2, 0.25) is 10.0 Å². The van der Waals surface area contributed by atoms with Gasteiger partial charge < -0.3 is 15.2 Å². The summed E-state index contributed by atoms with van der Waals surface area (Å²) < 4.78 is 5.41. The van der Waals surface area contributed by atoms with Gasteiger partial charge in [0.1, 0.15) is 11.8 Å². The Hall–Kier alpha value is -1.46. The number of benzene rings is 1. The number of carbonyl (C=O) groups is 2. The molecule has 0 aliphatic carbocycles. The van der Waals surface area contributed by atoms with E-state index in [0.717, 1.165) is 0 Å². The zero-order valence-electron chi connectivity index (χ0n) is 10.9. The van der Waals surface area contributed by atoms with E-state index in [1.165, 1.54) is 6.92 Å². The van der Waals surface area contributed by atoms with E-state index in [4.69, 9.17) is 33.0 Å². The van der Waals surface area contributed by atoms with Crippen LogP contribution in [0.25, 0.3) is 0 Å². The number of halogens is 2. The highest BCUT2D eigenvalue weighted by atomic mass is 35.5. The maximum Gasteiger partial charge on any atom is 0.325 e. The molecule has 1 aromatic rings. The molecular weight excluding hydrogens is 305 g/mol. The lowest BCUT2D eigenvalue weighted by Gasteiger charge is -2.10. The first kappa shape index (κ1) is 16.6. The average Bonchev–Trinajstić information content (AvgIpc) is 2.36. The van der Waals surface area contributed by atoms with Gasteiger partial charge in [0, 0.05) is 11.4 Å². The largest absolute Gasteiger partial charge is 0.492 e. The van der Waals surface area contributed by atoms with Gasteiger partial charge in [-0.2, -0.15) is 0 Å². The van der Waals surface area contributed by atoms with Crippen LogP contribution in [0.3, 0.4) is 0 Å². The Morgan fingerprint density at radius 3 is 2.70 bits per heavy atom. The Morgan fingerprint density at radius 2 is 2.10 bits per heavy atom. The van der Waals surface area contributed by atoms with Gasteiger partial charge in [-0.25, -0.2) is 0 Å². The SMILES string of the molecule is CC(NC(=O)CCCOc1ccc(Cl)cc1Cl)C(=O)O. The molecule has 0 bridgehead atoms. The molecule has 0 aliphatic rings. The van der Waals surface area contributed by atoms with Gasteiger partial charge in [-0.05, 0) is 31.5 Å². The lowest BCUT2D eigenvalue weighted by atomic mass is 10.2. The molecule has 5 nitrogen and oxygen atoms in total. The van der Waals surface area contributed by atoms with E-state index in [1.54, 1.807) is 18.2 Å². The van der Waals surface area contributed by atoms with Crippen LogP contribution in [0.15, 0.2) is 18.2 Å². The van der Waals surface area contributed by atoms with Crippen LogP contribution in [-0.2, 0) is 9.59 Å².